The number of carboxylic acids is 1. The molecule has 1 amide bonds. The van der Waals surface area contributed by atoms with Crippen LogP contribution in [-0.2, 0) is 15.1 Å². The second kappa shape index (κ2) is 6.64. The van der Waals surface area contributed by atoms with E-state index in [0.29, 0.717) is 5.56 Å². The van der Waals surface area contributed by atoms with E-state index in [1.165, 1.54) is 31.2 Å². The van der Waals surface area contributed by atoms with Crippen molar-refractivity contribution in [3.05, 3.63) is 39.9 Å². The first-order chi connectivity index (χ1) is 10.4. The minimum atomic E-state index is -1.26. The number of ether oxygens (including phenoxy) is 1. The molecule has 0 heterocycles. The van der Waals surface area contributed by atoms with Crippen LogP contribution in [0.15, 0.2) is 24.3 Å². The molecule has 0 saturated carbocycles. The summed E-state index contributed by atoms with van der Waals surface area (Å²) in [5.41, 5.74) is -1.69. The van der Waals surface area contributed by atoms with Crippen molar-refractivity contribution < 1.29 is 24.4 Å². The fourth-order valence-electron chi connectivity index (χ4n) is 2.00. The molecule has 0 saturated heterocycles. The number of nitro benzene ring substituents is 1. The summed E-state index contributed by atoms with van der Waals surface area (Å²) in [6.45, 7) is 6.58. The number of nitrogens with zero attached hydrogens (tertiary/aromatic N) is 1. The van der Waals surface area contributed by atoms with Gasteiger partial charge >= 0.3 is 12.1 Å². The molecule has 0 aliphatic rings. The van der Waals surface area contributed by atoms with Crippen LogP contribution in [0.2, 0.25) is 0 Å². The van der Waals surface area contributed by atoms with Crippen LogP contribution in [0.5, 0.6) is 0 Å². The van der Waals surface area contributed by atoms with E-state index < -0.39 is 34.5 Å². The Morgan fingerprint density at radius 2 is 1.74 bits per heavy atom. The van der Waals surface area contributed by atoms with E-state index in [9.17, 15) is 19.7 Å². The highest BCUT2D eigenvalue weighted by atomic mass is 16.6. The lowest BCUT2D eigenvalue weighted by Crippen LogP contribution is -2.47. The normalized spacial score (nSPS) is 13.7. The van der Waals surface area contributed by atoms with Crippen molar-refractivity contribution in [3.63, 3.8) is 0 Å². The molecule has 0 fully saturated rings. The summed E-state index contributed by atoms with van der Waals surface area (Å²) in [6.07, 6.45) is -1.16. The van der Waals surface area contributed by atoms with Crippen LogP contribution in [0.25, 0.3) is 0 Å². The molecule has 23 heavy (non-hydrogen) atoms. The Balaban J connectivity index is 3.08. The second-order valence-corrected chi connectivity index (χ2v) is 6.33. The highest BCUT2D eigenvalue weighted by Crippen LogP contribution is 2.27. The van der Waals surface area contributed by atoms with Crippen LogP contribution in [0.1, 0.15) is 39.7 Å². The van der Waals surface area contributed by atoms with Crippen molar-refractivity contribution in [1.82, 2.24) is 5.32 Å². The van der Waals surface area contributed by atoms with E-state index in [1.807, 2.05) is 0 Å². The first kappa shape index (κ1) is 18.4. The topological polar surface area (TPSA) is 119 Å². The van der Waals surface area contributed by atoms with Gasteiger partial charge in [0.2, 0.25) is 0 Å². The van der Waals surface area contributed by atoms with Crippen LogP contribution < -0.4 is 5.32 Å². The zero-order valence-corrected chi connectivity index (χ0v) is 13.5. The molecule has 1 atom stereocenters. The first-order valence-corrected chi connectivity index (χ1v) is 6.91. The smallest absolute Gasteiger partial charge is 0.408 e. The standard InChI is InChI=1S/C15H20N2O6/c1-14(2,3)23-13(20)16-15(4,9-12(18)19)10-5-7-11(8-6-10)17(21)22/h5-8H,9H2,1-4H3,(H,16,20)(H,18,19). The number of benzene rings is 1. The largest absolute Gasteiger partial charge is 0.481 e. The lowest BCUT2D eigenvalue weighted by molar-refractivity contribution is -0.384. The molecule has 1 aromatic rings. The summed E-state index contributed by atoms with van der Waals surface area (Å²) in [5, 5.41) is 22.3. The van der Waals surface area contributed by atoms with Gasteiger partial charge < -0.3 is 15.2 Å². The summed E-state index contributed by atoms with van der Waals surface area (Å²) in [6, 6.07) is 5.34. The minimum absolute atomic E-state index is 0.122. The van der Waals surface area contributed by atoms with Gasteiger partial charge in [0.25, 0.3) is 5.69 Å². The molecule has 8 heteroatoms. The molecule has 126 valence electrons. The van der Waals surface area contributed by atoms with Crippen molar-refractivity contribution in [1.29, 1.82) is 0 Å². The molecule has 0 radical (unpaired) electrons. The SMILES string of the molecule is CC(C)(C)OC(=O)NC(C)(CC(=O)O)c1ccc([N+](=O)[O-])cc1. The molecule has 0 bridgehead atoms. The molecular formula is C15H20N2O6. The molecular weight excluding hydrogens is 304 g/mol. The molecule has 1 aromatic carbocycles. The number of carboxylic acid groups (broad SMARTS) is 1. The highest BCUT2D eigenvalue weighted by molar-refractivity contribution is 5.73. The maximum absolute atomic E-state index is 12.0. The van der Waals surface area contributed by atoms with Crippen LogP contribution in [0.4, 0.5) is 10.5 Å². The molecule has 1 unspecified atom stereocenters. The molecule has 0 aliphatic carbocycles. The van der Waals surface area contributed by atoms with Crippen LogP contribution in [0.3, 0.4) is 0 Å². The van der Waals surface area contributed by atoms with Crippen LogP contribution in [0, 0.1) is 10.1 Å². The summed E-state index contributed by atoms with van der Waals surface area (Å²) >= 11 is 0. The number of rotatable bonds is 5. The number of hydrogen-bond donors (Lipinski definition) is 2. The lowest BCUT2D eigenvalue weighted by atomic mass is 9.88. The zero-order chi connectivity index (χ0) is 17.8. The van der Waals surface area contributed by atoms with Gasteiger partial charge in [0, 0.05) is 12.1 Å². The Labute approximate surface area is 133 Å². The number of non-ortho nitro benzene ring substituents is 1. The van der Waals surface area contributed by atoms with Gasteiger partial charge in [-0.15, -0.1) is 0 Å². The third-order valence-corrected chi connectivity index (χ3v) is 3.00. The average molecular weight is 324 g/mol. The molecule has 8 nitrogen and oxygen atoms in total. The number of nitrogens with one attached hydrogen (secondary N) is 1. The van der Waals surface area contributed by atoms with Crippen molar-refractivity contribution in [3.8, 4) is 0 Å². The molecule has 2 N–H and O–H groups in total. The van der Waals surface area contributed by atoms with Crippen molar-refractivity contribution in [2.75, 3.05) is 0 Å². The summed E-state index contributed by atoms with van der Waals surface area (Å²) in [5.74, 6) is -1.12. The monoisotopic (exact) mass is 324 g/mol. The van der Waals surface area contributed by atoms with Crippen molar-refractivity contribution in [2.24, 2.45) is 0 Å². The maximum Gasteiger partial charge on any atom is 0.408 e. The Kier molecular flexibility index (Phi) is 5.31. The number of aliphatic carboxylic acids is 1. The van der Waals surface area contributed by atoms with E-state index in [4.69, 9.17) is 9.84 Å². The second-order valence-electron chi connectivity index (χ2n) is 6.33. The lowest BCUT2D eigenvalue weighted by Gasteiger charge is -2.31. The Hall–Kier alpha value is -2.64. The summed E-state index contributed by atoms with van der Waals surface area (Å²) in [7, 11) is 0. The molecule has 1 rings (SSSR count). The van der Waals surface area contributed by atoms with Crippen LogP contribution in [-0.4, -0.2) is 27.7 Å². The Morgan fingerprint density at radius 3 is 2.13 bits per heavy atom. The van der Waals surface area contributed by atoms with Gasteiger partial charge in [0.05, 0.1) is 16.9 Å². The van der Waals surface area contributed by atoms with Gasteiger partial charge in [-0.3, -0.25) is 14.9 Å². The quantitative estimate of drug-likeness (QED) is 0.635. The number of alkyl carbamates (subject to hydrolysis) is 1. The number of carbonyl (C=O) groups excluding carboxylic acids is 1. The predicted molar refractivity (Wildman–Crippen MR) is 82.1 cm³/mol. The first-order valence-electron chi connectivity index (χ1n) is 6.91. The number of carbonyl (C=O) groups is 2. The summed E-state index contributed by atoms with van der Waals surface area (Å²) in [4.78, 5) is 33.2. The van der Waals surface area contributed by atoms with Gasteiger partial charge in [0.15, 0.2) is 0 Å². The predicted octanol–water partition coefficient (Wildman–Crippen LogP) is 2.81. The van der Waals surface area contributed by atoms with E-state index in [1.54, 1.807) is 20.8 Å². The maximum atomic E-state index is 12.0. The van der Waals surface area contributed by atoms with E-state index in [2.05, 4.69) is 5.32 Å². The van der Waals surface area contributed by atoms with Gasteiger partial charge in [-0.2, -0.15) is 0 Å². The summed E-state index contributed by atoms with van der Waals surface area (Å²) < 4.78 is 5.15. The van der Waals surface area contributed by atoms with Gasteiger partial charge in [-0.1, -0.05) is 0 Å². The molecule has 0 spiro atoms. The number of amides is 1. The Bertz CT molecular complexity index is 605. The van der Waals surface area contributed by atoms with E-state index >= 15 is 0 Å². The van der Waals surface area contributed by atoms with Gasteiger partial charge in [-0.05, 0) is 45.4 Å². The van der Waals surface area contributed by atoms with Gasteiger partial charge in [0.1, 0.15) is 5.60 Å². The Morgan fingerprint density at radius 1 is 1.22 bits per heavy atom. The minimum Gasteiger partial charge on any atom is -0.481 e. The highest BCUT2D eigenvalue weighted by Gasteiger charge is 2.33. The molecule has 0 aliphatic heterocycles. The third kappa shape index (κ3) is 5.57. The van der Waals surface area contributed by atoms with Crippen LogP contribution >= 0.6 is 0 Å². The fraction of sp³-hybridized carbons (Fsp3) is 0.467. The fourth-order valence-corrected chi connectivity index (χ4v) is 2.00. The van der Waals surface area contributed by atoms with Gasteiger partial charge in [-0.25, -0.2) is 4.79 Å². The zero-order valence-electron chi connectivity index (χ0n) is 13.5. The average Bonchev–Trinajstić information content (AvgIpc) is 2.35. The van der Waals surface area contributed by atoms with E-state index in [-0.39, 0.29) is 5.69 Å². The third-order valence-electron chi connectivity index (χ3n) is 3.00. The number of hydrogen-bond acceptors (Lipinski definition) is 5. The number of nitro groups is 1. The van der Waals surface area contributed by atoms with Crippen molar-refractivity contribution >= 4 is 17.7 Å². The van der Waals surface area contributed by atoms with E-state index in [0.717, 1.165) is 0 Å². The van der Waals surface area contributed by atoms with Crippen molar-refractivity contribution in [2.45, 2.75) is 45.3 Å². The molecule has 0 aromatic heterocycles.